The third kappa shape index (κ3) is 6.73. The van der Waals surface area contributed by atoms with Crippen molar-refractivity contribution >= 4 is 11.9 Å². The van der Waals surface area contributed by atoms with E-state index in [4.69, 9.17) is 11.5 Å². The molecule has 1 heterocycles. The number of esters is 2. The zero-order chi connectivity index (χ0) is 17.9. The van der Waals surface area contributed by atoms with Gasteiger partial charge in [0.1, 0.15) is 0 Å². The summed E-state index contributed by atoms with van der Waals surface area (Å²) in [6.07, 6.45) is 0.987. The minimum absolute atomic E-state index is 0.333. The first-order chi connectivity index (χ1) is 11.5. The summed E-state index contributed by atoms with van der Waals surface area (Å²) < 4.78 is 4.35. The van der Waals surface area contributed by atoms with Crippen molar-refractivity contribution in [2.24, 2.45) is 11.5 Å². The van der Waals surface area contributed by atoms with Crippen LogP contribution in [-0.4, -0.2) is 24.5 Å². The predicted molar refractivity (Wildman–Crippen MR) is 94.7 cm³/mol. The van der Waals surface area contributed by atoms with Crippen LogP contribution in [0.15, 0.2) is 54.6 Å². The third-order valence-electron chi connectivity index (χ3n) is 2.83. The number of carbonyl (C=O) groups excluding carboxylic acids is 2. The number of benzene rings is 2. The normalized spacial score (nSPS) is 11.7. The van der Waals surface area contributed by atoms with Crippen molar-refractivity contribution in [3.05, 3.63) is 71.3 Å². The lowest BCUT2D eigenvalue weighted by Gasteiger charge is -1.93. The van der Waals surface area contributed by atoms with Gasteiger partial charge in [0, 0.05) is 0 Å². The van der Waals surface area contributed by atoms with E-state index in [1.807, 2.05) is 32.0 Å². The summed E-state index contributed by atoms with van der Waals surface area (Å²) in [5.74, 6) is -1.10. The number of ether oxygens (including phenoxy) is 1. The maximum absolute atomic E-state index is 10.8. The molecule has 5 heteroatoms. The second-order valence-electron chi connectivity index (χ2n) is 5.49. The smallest absolute Gasteiger partial charge is 0.346 e. The van der Waals surface area contributed by atoms with Crippen LogP contribution in [-0.2, 0) is 11.2 Å². The molecular formula is C19H24N2O3. The molecule has 1 aliphatic rings. The Balaban J connectivity index is 0.000000201. The fourth-order valence-electron chi connectivity index (χ4n) is 1.84. The molecule has 24 heavy (non-hydrogen) atoms. The van der Waals surface area contributed by atoms with Crippen LogP contribution in [0, 0.1) is 0 Å². The van der Waals surface area contributed by atoms with E-state index in [1.54, 1.807) is 24.3 Å². The Morgan fingerprint density at radius 2 is 1.29 bits per heavy atom. The van der Waals surface area contributed by atoms with E-state index in [0.29, 0.717) is 17.2 Å². The predicted octanol–water partition coefficient (Wildman–Crippen LogP) is 2.54. The van der Waals surface area contributed by atoms with Crippen molar-refractivity contribution in [3.8, 4) is 0 Å². The molecule has 5 nitrogen and oxygen atoms in total. The number of rotatable bonds is 2. The van der Waals surface area contributed by atoms with Crippen LogP contribution in [0.5, 0.6) is 0 Å². The van der Waals surface area contributed by atoms with Crippen molar-refractivity contribution in [2.75, 3.05) is 6.54 Å². The molecule has 0 saturated carbocycles. The standard InChI is InChI=1S/C8H11N.C8H4O3.C3H9N/c9-7-6-8-4-2-1-3-5-8;9-7-5-3-1-2-4-6(5)8(10)11-7;1-3(2)4/h1-5H,6-7,9H2;1-4H;3H,4H2,1-2H3. The van der Waals surface area contributed by atoms with Crippen molar-refractivity contribution < 1.29 is 14.3 Å². The second kappa shape index (κ2) is 10.3. The van der Waals surface area contributed by atoms with Gasteiger partial charge in [-0.05, 0) is 36.7 Å². The summed E-state index contributed by atoms with van der Waals surface area (Å²) in [4.78, 5) is 21.7. The minimum Gasteiger partial charge on any atom is -0.386 e. The number of nitrogens with two attached hydrogens (primary N) is 2. The van der Waals surface area contributed by atoms with Crippen LogP contribution in [0.25, 0.3) is 0 Å². The van der Waals surface area contributed by atoms with E-state index < -0.39 is 11.9 Å². The van der Waals surface area contributed by atoms with Gasteiger partial charge in [0.05, 0.1) is 11.1 Å². The molecule has 0 atom stereocenters. The molecule has 0 amide bonds. The van der Waals surface area contributed by atoms with Gasteiger partial charge in [-0.15, -0.1) is 0 Å². The number of fused-ring (bicyclic) bond motifs is 1. The summed E-state index contributed by atoms with van der Waals surface area (Å²) in [6, 6.07) is 17.1. The summed E-state index contributed by atoms with van der Waals surface area (Å²) in [6.45, 7) is 4.63. The molecule has 0 radical (unpaired) electrons. The van der Waals surface area contributed by atoms with E-state index >= 15 is 0 Å². The summed E-state index contributed by atoms with van der Waals surface area (Å²) >= 11 is 0. The average molecular weight is 328 g/mol. The molecule has 2 aromatic rings. The average Bonchev–Trinajstić information content (AvgIpc) is 2.84. The molecule has 1 aliphatic heterocycles. The second-order valence-corrected chi connectivity index (χ2v) is 5.49. The lowest BCUT2D eigenvalue weighted by atomic mass is 10.1. The number of hydrogen-bond donors (Lipinski definition) is 2. The van der Waals surface area contributed by atoms with Gasteiger partial charge in [-0.1, -0.05) is 56.3 Å². The Labute approximate surface area is 142 Å². The zero-order valence-electron chi connectivity index (χ0n) is 14.1. The number of carbonyl (C=O) groups is 2. The SMILES string of the molecule is CC(C)N.NCCc1ccccc1.O=C1OC(=O)c2ccccc21. The molecular weight excluding hydrogens is 304 g/mol. The van der Waals surface area contributed by atoms with Crippen molar-refractivity contribution in [1.82, 2.24) is 0 Å². The molecule has 3 rings (SSSR count). The Morgan fingerprint density at radius 1 is 0.875 bits per heavy atom. The van der Waals surface area contributed by atoms with Crippen LogP contribution in [0.1, 0.15) is 40.1 Å². The van der Waals surface area contributed by atoms with Gasteiger partial charge in [-0.25, -0.2) is 9.59 Å². The molecule has 0 unspecified atom stereocenters. The number of hydrogen-bond acceptors (Lipinski definition) is 5. The van der Waals surface area contributed by atoms with Crippen molar-refractivity contribution in [1.29, 1.82) is 0 Å². The monoisotopic (exact) mass is 328 g/mol. The first-order valence-electron chi connectivity index (χ1n) is 7.80. The van der Waals surface area contributed by atoms with E-state index in [2.05, 4.69) is 16.9 Å². The minimum atomic E-state index is -0.550. The fourth-order valence-corrected chi connectivity index (χ4v) is 1.84. The van der Waals surface area contributed by atoms with Gasteiger partial charge in [0.2, 0.25) is 0 Å². The van der Waals surface area contributed by atoms with Gasteiger partial charge in [-0.3, -0.25) is 0 Å². The maximum atomic E-state index is 10.8. The van der Waals surface area contributed by atoms with E-state index in [-0.39, 0.29) is 0 Å². The van der Waals surface area contributed by atoms with E-state index in [1.165, 1.54) is 5.56 Å². The largest absolute Gasteiger partial charge is 0.386 e. The lowest BCUT2D eigenvalue weighted by Crippen LogP contribution is -2.06. The van der Waals surface area contributed by atoms with Gasteiger partial charge < -0.3 is 16.2 Å². The molecule has 4 N–H and O–H groups in total. The van der Waals surface area contributed by atoms with Gasteiger partial charge in [-0.2, -0.15) is 0 Å². The Hall–Kier alpha value is -2.50. The summed E-state index contributed by atoms with van der Waals surface area (Å²) in [5, 5.41) is 0. The lowest BCUT2D eigenvalue weighted by molar-refractivity contribution is 0.0444. The molecule has 0 saturated heterocycles. The summed E-state index contributed by atoms with van der Waals surface area (Å²) in [5.41, 5.74) is 12.5. The molecule has 0 aliphatic carbocycles. The van der Waals surface area contributed by atoms with E-state index in [9.17, 15) is 9.59 Å². The molecule has 2 aromatic carbocycles. The van der Waals surface area contributed by atoms with E-state index in [0.717, 1.165) is 13.0 Å². The Bertz CT molecular complexity index is 619. The van der Waals surface area contributed by atoms with Crippen molar-refractivity contribution in [2.45, 2.75) is 26.3 Å². The highest BCUT2D eigenvalue weighted by molar-refractivity contribution is 6.14. The highest BCUT2D eigenvalue weighted by Crippen LogP contribution is 2.18. The molecule has 0 bridgehead atoms. The highest BCUT2D eigenvalue weighted by atomic mass is 16.6. The third-order valence-corrected chi connectivity index (χ3v) is 2.83. The van der Waals surface area contributed by atoms with Crippen LogP contribution in [0.4, 0.5) is 0 Å². The maximum Gasteiger partial charge on any atom is 0.346 e. The van der Waals surface area contributed by atoms with Crippen LogP contribution in [0.2, 0.25) is 0 Å². The first-order valence-corrected chi connectivity index (χ1v) is 7.80. The zero-order valence-corrected chi connectivity index (χ0v) is 14.1. The molecule has 128 valence electrons. The summed E-state index contributed by atoms with van der Waals surface area (Å²) in [7, 11) is 0. The van der Waals surface area contributed by atoms with Crippen molar-refractivity contribution in [3.63, 3.8) is 0 Å². The molecule has 0 spiro atoms. The van der Waals surface area contributed by atoms with Gasteiger partial charge >= 0.3 is 11.9 Å². The Kier molecular flexibility index (Phi) is 8.39. The molecule has 0 aromatic heterocycles. The Morgan fingerprint density at radius 3 is 1.71 bits per heavy atom. The highest BCUT2D eigenvalue weighted by Gasteiger charge is 2.28. The van der Waals surface area contributed by atoms with Crippen LogP contribution < -0.4 is 11.5 Å². The van der Waals surface area contributed by atoms with Gasteiger partial charge in [0.15, 0.2) is 0 Å². The van der Waals surface area contributed by atoms with Gasteiger partial charge in [0.25, 0.3) is 0 Å². The fraction of sp³-hybridized carbons (Fsp3) is 0.263. The van der Waals surface area contributed by atoms with Crippen LogP contribution >= 0.6 is 0 Å². The topological polar surface area (TPSA) is 95.4 Å². The number of cyclic esters (lactones) is 2. The molecule has 0 fully saturated rings. The van der Waals surface area contributed by atoms with Crippen LogP contribution in [0.3, 0.4) is 0 Å². The quantitative estimate of drug-likeness (QED) is 0.652. The first kappa shape index (κ1) is 19.5.